The molecule has 0 saturated carbocycles. The number of hydrogen-bond donors (Lipinski definition) is 0. The van der Waals surface area contributed by atoms with Gasteiger partial charge >= 0.3 is 0 Å². The molecule has 0 aliphatic rings. The van der Waals surface area contributed by atoms with Gasteiger partial charge in [-0.1, -0.05) is 935 Å². The third-order valence-corrected chi connectivity index (χ3v) is 0. The van der Waals surface area contributed by atoms with E-state index in [1.165, 1.54) is 0 Å². The summed E-state index contributed by atoms with van der Waals surface area (Å²) >= 11 is 0. The predicted octanol–water partition coefficient (Wildman–Crippen LogP) is 75.3. The summed E-state index contributed by atoms with van der Waals surface area (Å²) in [6.45, 7) is 120. The van der Waals surface area contributed by atoms with Crippen molar-refractivity contribution in [1.29, 1.82) is 0 Å². The summed E-state index contributed by atoms with van der Waals surface area (Å²) in [6, 6.07) is 0. The van der Waals surface area contributed by atoms with Crippen LogP contribution in [0.2, 0.25) is 0 Å². The second-order valence-corrected chi connectivity index (χ2v) is 0. The minimum Gasteiger partial charge on any atom is -0.0776 e. The molecule has 0 N–H and O–H groups in total. The second-order valence-electron chi connectivity index (χ2n) is 0. The lowest BCUT2D eigenvalue weighted by Crippen LogP contribution is -0.856. The monoisotopic (exact) mass is 2020 g/mol. The van der Waals surface area contributed by atoms with E-state index in [9.17, 15) is 0 Å². The molecule has 0 aliphatic heterocycles. The smallest absolute Gasteiger partial charge is 0.0683 e. The topological polar surface area (TPSA) is 0 Å². The van der Waals surface area contributed by atoms with Gasteiger partial charge in [-0.25, -0.2) is 0 Å². The molecule has 0 atom stereocenters. The Kier molecular flexibility index (Phi) is 0. The van der Waals surface area contributed by atoms with Crippen LogP contribution in [0, 0.1) is 0 Å². The maximum atomic E-state index is 2.00. The zero-order valence-corrected chi connectivity index (χ0v) is 60.0. The molecule has 0 saturated heterocycles. The van der Waals surface area contributed by atoms with Crippen LogP contribution in [0.5, 0.6) is 0 Å². The highest BCUT2D eigenvalue weighted by molar-refractivity contribution is 3.57. The van der Waals surface area contributed by atoms with Crippen LogP contribution >= 0.6 is 0 Å². The van der Waals surface area contributed by atoms with Crippen LogP contribution in [0.4, 0.5) is 0 Å². The maximum absolute atomic E-state index is 2.00. The molecule has 0 aromatic carbocycles. The highest BCUT2D eigenvalue weighted by Crippen LogP contribution is 1.21. The molecule has 0 aromatic heterocycles. The first-order valence-electron chi connectivity index (χ1n) is 30.0. The molecule has 0 rings (SSSR count). The van der Waals surface area contributed by atoms with Gasteiger partial charge in [-0.05, 0) is 0 Å². The van der Waals surface area contributed by atoms with Gasteiger partial charge in [-0.2, -0.15) is 0 Å². The van der Waals surface area contributed by atoms with Gasteiger partial charge in [-0.15, -0.1) is 0 Å². The van der Waals surface area contributed by atoms with E-state index >= 15 is 0 Å². The van der Waals surface area contributed by atoms with E-state index in [4.69, 9.17) is 0 Å². The molecule has 0 heterocycles. The van der Waals surface area contributed by atoms with Gasteiger partial charge < -0.3 is 0 Å². The molecule has 0 heteroatoms. The van der Waals surface area contributed by atoms with Crippen molar-refractivity contribution in [3.8, 4) is 0 Å². The fraction of sp³-hybridized carbons (Fsp3) is 1.00. The molecule has 0 fully saturated rings. The molecule has 980 valence electrons. The Morgan fingerprint density at radius 1 is 0.0231 bits per heavy atom. The zero-order valence-electron chi connectivity index (χ0n) is 60.0. The van der Waals surface area contributed by atoms with Crippen LogP contribution in [-0.4, -0.2) is 0 Å². The van der Waals surface area contributed by atoms with Crippen molar-refractivity contribution in [2.75, 3.05) is 0 Å². The summed E-state index contributed by atoms with van der Waals surface area (Å²) < 4.78 is 0. The first kappa shape index (κ1) is 2400. The molecule has 0 aromatic rings. The van der Waals surface area contributed by atoms with E-state index in [0.29, 0.717) is 0 Å². The van der Waals surface area contributed by atoms with Crippen LogP contribution in [0.3, 0.4) is 0 Å². The summed E-state index contributed by atoms with van der Waals surface area (Å²) in [5, 5.41) is 0. The lowest BCUT2D eigenvalue weighted by molar-refractivity contribution is 1.50. The van der Waals surface area contributed by atoms with E-state index in [1.807, 2.05) is 415 Å². The Morgan fingerprint density at radius 2 is 0.0231 bits per heavy atom. The Hall–Kier alpha value is 0. The van der Waals surface area contributed by atoms with E-state index in [1.54, 1.807) is 0 Å². The quantitative estimate of drug-likeness (QED) is 0.227. The lowest BCUT2D eigenvalue weighted by Gasteiger charge is -1.07. The maximum Gasteiger partial charge on any atom is -0.0683 e. The molecular weight excluding hydrogens is 1560 g/mol. The van der Waals surface area contributed by atoms with Crippen molar-refractivity contribution in [2.24, 2.45) is 0 Å². The lowest BCUT2D eigenvalue weighted by atomic mass is 11.0. The van der Waals surface area contributed by atoms with Gasteiger partial charge in [0.2, 0.25) is 0 Å². The highest BCUT2D eigenvalue weighted by atomic mass is 13.1. The molecule has 130 heavy (non-hydrogen) atoms. The van der Waals surface area contributed by atoms with Gasteiger partial charge in [0.15, 0.2) is 0 Å². The summed E-state index contributed by atoms with van der Waals surface area (Å²) in [5.74, 6) is 0. The second kappa shape index (κ2) is 0. The van der Waals surface area contributed by atoms with Crippen molar-refractivity contribution in [3.05, 3.63) is 0 Å². The zero-order chi connectivity index (χ0) is 60.0. The van der Waals surface area contributed by atoms with Crippen molar-refractivity contribution in [2.45, 2.75) is 935 Å². The highest BCUT2D eigenvalue weighted by Gasteiger charge is 0.994. The first-order valence-corrected chi connectivity index (χ1v) is 30.0. The summed E-state index contributed by atoms with van der Waals surface area (Å²) in [7, 11) is 0. The number of hydrogen-bond acceptors (Lipinski definition) is 0. The summed E-state index contributed by atoms with van der Waals surface area (Å²) in [5.41, 5.74) is 0. The average molecular weight is 2030 g/mol. The minimum atomic E-state index is 0. The molecule has 0 nitrogen and oxygen atoms in total. The summed E-state index contributed by atoms with van der Waals surface area (Å²) in [4.78, 5) is 0. The first-order chi connectivity index (χ1) is 30.0. The van der Waals surface area contributed by atoms with Crippen LogP contribution in [0.1, 0.15) is 935 Å². The van der Waals surface area contributed by atoms with E-state index in [2.05, 4.69) is 0 Å². The minimum absolute atomic E-state index is 0. The van der Waals surface area contributed by atoms with Gasteiger partial charge in [0, 0.05) is 0 Å². The Balaban J connectivity index is -0.000000000717. The van der Waals surface area contributed by atoms with Gasteiger partial charge in [0.05, 0.1) is 0 Å². The third kappa shape index (κ3) is 0. The van der Waals surface area contributed by atoms with Crippen molar-refractivity contribution in [3.63, 3.8) is 0 Å². The van der Waals surface area contributed by atoms with Crippen LogP contribution in [0.25, 0.3) is 0 Å². The van der Waals surface area contributed by atoms with E-state index < -0.39 is 0 Å². The van der Waals surface area contributed by atoms with Crippen LogP contribution in [-0.2, 0) is 0 Å². The van der Waals surface area contributed by atoms with Gasteiger partial charge in [0.25, 0.3) is 0 Å². The Bertz CT molecular complexity index is 0. The van der Waals surface area contributed by atoms with Gasteiger partial charge in [0.1, 0.15) is 0 Å². The van der Waals surface area contributed by atoms with Gasteiger partial charge in [-0.3, -0.25) is 0 Å². The van der Waals surface area contributed by atoms with Crippen LogP contribution in [0.15, 0.2) is 0 Å². The normalized spacial score (nSPS) is 1.38. The fourth-order valence-corrected chi connectivity index (χ4v) is 0. The molecule has 0 unspecified atom stereocenters. The largest absolute Gasteiger partial charge is 0.0776 e. The molecular formula is C130H460. The summed E-state index contributed by atoms with van der Waals surface area (Å²) in [6.07, 6.45) is 0. The third-order valence-electron chi connectivity index (χ3n) is 0. The van der Waals surface area contributed by atoms with E-state index in [-0.39, 0.29) is 520 Å². The predicted molar refractivity (Wildman–Crippen MR) is 812 cm³/mol. The molecule has 0 amide bonds. The molecule has 0 bridgehead atoms. The van der Waals surface area contributed by atoms with Crippen molar-refractivity contribution < 1.29 is 0 Å². The Morgan fingerprint density at radius 3 is 0.0231 bits per heavy atom. The van der Waals surface area contributed by atoms with Crippen molar-refractivity contribution in [1.82, 2.24) is 0 Å². The molecule has 0 aliphatic carbocycles. The standard InChI is InChI=1S/30C2H6.70CH4/c30*1-2;;;;;;;;;;;;;;;;;;;;;;;;;;;;;;;;;;;;;;;;;;;;;;;;;;;;;;;;;;;;;;;;;;;;;;/h30*1-2H3;70*1H4. The van der Waals surface area contributed by atoms with Crippen LogP contribution < -0.4 is 0 Å². The molecule has 0 spiro atoms. The fourth-order valence-electron chi connectivity index (χ4n) is 0. The van der Waals surface area contributed by atoms with Crippen molar-refractivity contribution >= 4 is 0 Å². The SMILES string of the molecule is C.C.C.C.C.C.C.C.C.C.C.C.C.C.C.C.C.C.C.C.C.C.C.C.C.C.C.C.C.C.C.C.C.C.C.C.C.C.C.C.C.C.C.C.C.C.C.C.C.C.C.C.C.C.C.C.C.C.C.C.C.C.C.C.C.C.C.C.C.C.CC.CC.CC.CC.CC.CC.CC.CC.CC.CC.CC.CC.CC.CC.CC.CC.CC.CC.CC.CC.CC.CC.CC.CC.CC.CC.CC.CC.CC.CC. The average Bonchev–Trinajstić information content (AvgIpc) is 3.50. The Labute approximate surface area is 929 Å². The molecule has 0 radical (unpaired) electrons. The number of rotatable bonds is 0. The van der Waals surface area contributed by atoms with E-state index in [0.717, 1.165) is 0 Å².